The molecule has 5 heteroatoms. The van der Waals surface area contributed by atoms with Crippen molar-refractivity contribution in [3.8, 4) is 5.75 Å². The van der Waals surface area contributed by atoms with Gasteiger partial charge in [0.15, 0.2) is 0 Å². The molecule has 0 spiro atoms. The summed E-state index contributed by atoms with van der Waals surface area (Å²) in [6.45, 7) is 2.25. The topological polar surface area (TPSA) is 65.5 Å². The summed E-state index contributed by atoms with van der Waals surface area (Å²) >= 11 is 0. The Bertz CT molecular complexity index is 970. The van der Waals surface area contributed by atoms with Gasteiger partial charge in [-0.05, 0) is 35.2 Å². The van der Waals surface area contributed by atoms with Gasteiger partial charge in [-0.15, -0.1) is 0 Å². The molecule has 5 nitrogen and oxygen atoms in total. The predicted octanol–water partition coefficient (Wildman–Crippen LogP) is 3.21. The average molecular weight is 373 g/mol. The zero-order valence-electron chi connectivity index (χ0n) is 15.6. The number of phenolic OH excluding ortho intramolecular Hbond substituents is 1. The summed E-state index contributed by atoms with van der Waals surface area (Å²) in [4.78, 5) is 19.0. The van der Waals surface area contributed by atoms with E-state index in [1.54, 1.807) is 18.2 Å². The van der Waals surface area contributed by atoms with E-state index in [-0.39, 0.29) is 18.1 Å². The van der Waals surface area contributed by atoms with Crippen LogP contribution < -0.4 is 10.2 Å². The second-order valence-electron chi connectivity index (χ2n) is 7.05. The van der Waals surface area contributed by atoms with Gasteiger partial charge in [0.25, 0.3) is 0 Å². The molecule has 1 aliphatic heterocycles. The molecule has 3 aromatic rings. The van der Waals surface area contributed by atoms with Crippen molar-refractivity contribution in [3.63, 3.8) is 0 Å². The molecule has 28 heavy (non-hydrogen) atoms. The zero-order valence-corrected chi connectivity index (χ0v) is 15.6. The summed E-state index contributed by atoms with van der Waals surface area (Å²) in [7, 11) is 0. The quantitative estimate of drug-likeness (QED) is 0.721. The summed E-state index contributed by atoms with van der Waals surface area (Å²) in [6, 6.07) is 19.4. The van der Waals surface area contributed by atoms with Crippen molar-refractivity contribution in [2.45, 2.75) is 25.9 Å². The second-order valence-corrected chi connectivity index (χ2v) is 7.05. The summed E-state index contributed by atoms with van der Waals surface area (Å²) in [5.74, 6) is 0.976. The van der Waals surface area contributed by atoms with Crippen LogP contribution in [0.5, 0.6) is 5.75 Å². The highest BCUT2D eigenvalue weighted by Crippen LogP contribution is 2.23. The molecule has 0 saturated carbocycles. The highest BCUT2D eigenvalue weighted by Gasteiger charge is 2.16. The third-order valence-electron chi connectivity index (χ3n) is 5.10. The lowest BCUT2D eigenvalue weighted by atomic mass is 10.00. The number of carbonyl (C=O) groups is 1. The van der Waals surface area contributed by atoms with Crippen molar-refractivity contribution < 1.29 is 9.90 Å². The Balaban J connectivity index is 1.33. The molecular weight excluding hydrogens is 350 g/mol. The number of aromatic hydroxyl groups is 1. The molecule has 1 amide bonds. The van der Waals surface area contributed by atoms with Crippen LogP contribution in [0.4, 0.5) is 5.82 Å². The van der Waals surface area contributed by atoms with Gasteiger partial charge in [-0.3, -0.25) is 4.79 Å². The van der Waals surface area contributed by atoms with Crippen LogP contribution in [-0.2, 0) is 30.7 Å². The molecule has 0 atom stereocenters. The van der Waals surface area contributed by atoms with Crippen LogP contribution in [0.1, 0.15) is 22.3 Å². The van der Waals surface area contributed by atoms with Crippen molar-refractivity contribution in [3.05, 3.63) is 89.1 Å². The second kappa shape index (κ2) is 8.13. The average Bonchev–Trinajstić information content (AvgIpc) is 2.74. The first-order chi connectivity index (χ1) is 13.7. The Morgan fingerprint density at radius 2 is 1.82 bits per heavy atom. The molecule has 142 valence electrons. The summed E-state index contributed by atoms with van der Waals surface area (Å²) in [5.41, 5.74) is 4.35. The van der Waals surface area contributed by atoms with Gasteiger partial charge >= 0.3 is 0 Å². The first-order valence-corrected chi connectivity index (χ1v) is 9.49. The number of anilines is 1. The molecule has 0 fully saturated rings. The highest BCUT2D eigenvalue weighted by atomic mass is 16.3. The minimum absolute atomic E-state index is 0.127. The molecule has 1 aromatic heterocycles. The van der Waals surface area contributed by atoms with E-state index in [1.165, 1.54) is 11.1 Å². The number of nitrogens with one attached hydrogen (secondary N) is 1. The molecule has 4 rings (SSSR count). The number of benzene rings is 2. The monoisotopic (exact) mass is 373 g/mol. The number of carbonyl (C=O) groups excluding carboxylic acids is 1. The Hall–Kier alpha value is -3.34. The maximum Gasteiger partial charge on any atom is 0.224 e. The van der Waals surface area contributed by atoms with Gasteiger partial charge in [-0.25, -0.2) is 4.98 Å². The van der Waals surface area contributed by atoms with E-state index in [0.717, 1.165) is 30.9 Å². The van der Waals surface area contributed by atoms with E-state index in [2.05, 4.69) is 39.5 Å². The number of para-hydroxylation sites is 1. The minimum atomic E-state index is -0.127. The van der Waals surface area contributed by atoms with Crippen molar-refractivity contribution in [2.75, 3.05) is 11.4 Å². The van der Waals surface area contributed by atoms with Crippen LogP contribution >= 0.6 is 0 Å². The summed E-state index contributed by atoms with van der Waals surface area (Å²) in [5, 5.41) is 12.6. The summed E-state index contributed by atoms with van der Waals surface area (Å²) in [6.07, 6.45) is 3.00. The summed E-state index contributed by atoms with van der Waals surface area (Å²) < 4.78 is 0. The standard InChI is InChI=1S/C23H23N3O2/c27-21-8-4-3-6-19(21)13-23(28)25-15-17-9-10-22(24-14-17)26-12-11-18-5-1-2-7-20(18)16-26/h1-10,14,27H,11-13,15-16H2,(H,25,28). The van der Waals surface area contributed by atoms with Gasteiger partial charge in [0.05, 0.1) is 6.42 Å². The number of rotatable bonds is 5. The Morgan fingerprint density at radius 3 is 2.61 bits per heavy atom. The fraction of sp³-hybridized carbons (Fsp3) is 0.217. The lowest BCUT2D eigenvalue weighted by molar-refractivity contribution is -0.120. The van der Waals surface area contributed by atoms with E-state index >= 15 is 0 Å². The van der Waals surface area contributed by atoms with Crippen LogP contribution in [0.15, 0.2) is 66.9 Å². The maximum absolute atomic E-state index is 12.1. The van der Waals surface area contributed by atoms with E-state index in [1.807, 2.05) is 24.4 Å². The number of hydrogen-bond acceptors (Lipinski definition) is 4. The smallest absolute Gasteiger partial charge is 0.224 e. The van der Waals surface area contributed by atoms with Crippen LogP contribution in [0.2, 0.25) is 0 Å². The third-order valence-corrected chi connectivity index (χ3v) is 5.10. The molecule has 0 bridgehead atoms. The lowest BCUT2D eigenvalue weighted by Crippen LogP contribution is -2.31. The van der Waals surface area contributed by atoms with Crippen LogP contribution in [-0.4, -0.2) is 22.5 Å². The molecule has 2 heterocycles. The Kier molecular flexibility index (Phi) is 5.24. The minimum Gasteiger partial charge on any atom is -0.508 e. The number of phenols is 1. The van der Waals surface area contributed by atoms with Gasteiger partial charge < -0.3 is 15.3 Å². The normalized spacial score (nSPS) is 13.1. The van der Waals surface area contributed by atoms with Crippen molar-refractivity contribution in [2.24, 2.45) is 0 Å². The number of hydrogen-bond donors (Lipinski definition) is 2. The number of fused-ring (bicyclic) bond motifs is 1. The van der Waals surface area contributed by atoms with Gasteiger partial charge in [-0.1, -0.05) is 48.5 Å². The van der Waals surface area contributed by atoms with Gasteiger partial charge in [-0.2, -0.15) is 0 Å². The lowest BCUT2D eigenvalue weighted by Gasteiger charge is -2.29. The van der Waals surface area contributed by atoms with E-state index in [4.69, 9.17) is 0 Å². The predicted molar refractivity (Wildman–Crippen MR) is 109 cm³/mol. The Morgan fingerprint density at radius 1 is 1.04 bits per heavy atom. The maximum atomic E-state index is 12.1. The number of amides is 1. The highest BCUT2D eigenvalue weighted by molar-refractivity contribution is 5.79. The van der Waals surface area contributed by atoms with Crippen molar-refractivity contribution >= 4 is 11.7 Å². The van der Waals surface area contributed by atoms with Gasteiger partial charge in [0.2, 0.25) is 5.91 Å². The number of aromatic nitrogens is 1. The first kappa shape index (κ1) is 18.0. The SMILES string of the molecule is O=C(Cc1ccccc1O)NCc1ccc(N2CCc3ccccc3C2)nc1. The molecule has 1 aliphatic rings. The van der Waals surface area contributed by atoms with Gasteiger partial charge in [0.1, 0.15) is 11.6 Å². The molecule has 2 aromatic carbocycles. The number of nitrogens with zero attached hydrogens (tertiary/aromatic N) is 2. The van der Waals surface area contributed by atoms with Crippen LogP contribution in [0, 0.1) is 0 Å². The number of pyridine rings is 1. The molecule has 0 saturated heterocycles. The third kappa shape index (κ3) is 4.14. The fourth-order valence-corrected chi connectivity index (χ4v) is 3.50. The van der Waals surface area contributed by atoms with E-state index < -0.39 is 0 Å². The largest absolute Gasteiger partial charge is 0.508 e. The molecule has 2 N–H and O–H groups in total. The zero-order chi connectivity index (χ0) is 19.3. The molecular formula is C23H23N3O2. The molecule has 0 radical (unpaired) electrons. The van der Waals surface area contributed by atoms with Crippen LogP contribution in [0.3, 0.4) is 0 Å². The Labute approximate surface area is 164 Å². The van der Waals surface area contributed by atoms with Gasteiger partial charge in [0, 0.05) is 31.4 Å². The fourth-order valence-electron chi connectivity index (χ4n) is 3.50. The van der Waals surface area contributed by atoms with E-state index in [9.17, 15) is 9.90 Å². The van der Waals surface area contributed by atoms with Crippen LogP contribution in [0.25, 0.3) is 0 Å². The molecule has 0 unspecified atom stereocenters. The molecule has 0 aliphatic carbocycles. The van der Waals surface area contributed by atoms with Crippen molar-refractivity contribution in [1.29, 1.82) is 0 Å². The first-order valence-electron chi connectivity index (χ1n) is 9.49. The van der Waals surface area contributed by atoms with Crippen molar-refractivity contribution in [1.82, 2.24) is 10.3 Å². The van der Waals surface area contributed by atoms with E-state index in [0.29, 0.717) is 12.1 Å².